The summed E-state index contributed by atoms with van der Waals surface area (Å²) in [5.41, 5.74) is 1.70. The molecule has 1 aromatic carbocycles. The first-order valence-corrected chi connectivity index (χ1v) is 9.62. The number of hydrogen-bond acceptors (Lipinski definition) is 5. The van der Waals surface area contributed by atoms with Crippen molar-refractivity contribution in [3.05, 3.63) is 29.5 Å². The Morgan fingerprint density at radius 3 is 2.68 bits per heavy atom. The highest BCUT2D eigenvalue weighted by atomic mass is 16.6. The molecule has 2 aromatic rings. The summed E-state index contributed by atoms with van der Waals surface area (Å²) in [6.45, 7) is 5.40. The Morgan fingerprint density at radius 2 is 2.00 bits per heavy atom. The Morgan fingerprint density at radius 1 is 1.29 bits per heavy atom. The maximum atomic E-state index is 12.5. The maximum absolute atomic E-state index is 12.5. The number of nitrogens with zero attached hydrogens (tertiary/aromatic N) is 2. The van der Waals surface area contributed by atoms with Crippen LogP contribution in [0, 0.1) is 12.8 Å². The normalized spacial score (nSPS) is 16.4. The number of methoxy groups -OCH3 is 1. The van der Waals surface area contributed by atoms with Gasteiger partial charge in [-0.3, -0.25) is 5.32 Å². The topological polar surface area (TPSA) is 86.6 Å². The largest absolute Gasteiger partial charge is 0.496 e. The fourth-order valence-corrected chi connectivity index (χ4v) is 3.48. The van der Waals surface area contributed by atoms with E-state index in [-0.39, 0.29) is 12.1 Å². The average molecular weight is 386 g/mol. The van der Waals surface area contributed by atoms with E-state index in [9.17, 15) is 4.79 Å². The third-order valence-corrected chi connectivity index (χ3v) is 5.17. The van der Waals surface area contributed by atoms with E-state index in [0.29, 0.717) is 48.7 Å². The van der Waals surface area contributed by atoms with Gasteiger partial charge in [0.15, 0.2) is 11.5 Å². The van der Waals surface area contributed by atoms with Crippen molar-refractivity contribution in [2.75, 3.05) is 25.6 Å². The van der Waals surface area contributed by atoms with Crippen LogP contribution in [-0.4, -0.2) is 36.1 Å². The van der Waals surface area contributed by atoms with Gasteiger partial charge in [0.2, 0.25) is 0 Å². The molecule has 0 saturated heterocycles. The number of aromatic nitrogens is 2. The maximum Gasteiger partial charge on any atom is 0.320 e. The second-order valence-electron chi connectivity index (χ2n) is 7.31. The van der Waals surface area contributed by atoms with Gasteiger partial charge in [0.25, 0.3) is 0 Å². The standard InChI is InChI=1S/C20H26N4O4/c1-12-8-19(24(23-12)13(2)14-4-5-14)22-20(25)21-11-15-9-17-18(10-16(15)26-3)28-7-6-27-17/h8-10,13-14H,4-7,11H2,1-3H3,(H2,21,22,25). The van der Waals surface area contributed by atoms with Crippen LogP contribution in [0.25, 0.3) is 0 Å². The van der Waals surface area contributed by atoms with Gasteiger partial charge in [-0.15, -0.1) is 0 Å². The van der Waals surface area contributed by atoms with Crippen molar-refractivity contribution in [1.82, 2.24) is 15.1 Å². The highest BCUT2D eigenvalue weighted by Gasteiger charge is 2.31. The summed E-state index contributed by atoms with van der Waals surface area (Å²) in [5.74, 6) is 3.32. The lowest BCUT2D eigenvalue weighted by molar-refractivity contribution is 0.170. The number of rotatable bonds is 6. The summed E-state index contributed by atoms with van der Waals surface area (Å²) in [5, 5.41) is 10.3. The van der Waals surface area contributed by atoms with Crippen LogP contribution >= 0.6 is 0 Å². The predicted molar refractivity (Wildman–Crippen MR) is 104 cm³/mol. The molecule has 0 spiro atoms. The first kappa shape index (κ1) is 18.5. The Labute approximate surface area is 164 Å². The van der Waals surface area contributed by atoms with E-state index < -0.39 is 0 Å². The summed E-state index contributed by atoms with van der Waals surface area (Å²) in [4.78, 5) is 12.5. The molecule has 4 rings (SSSR count). The Hall–Kier alpha value is -2.90. The van der Waals surface area contributed by atoms with Crippen molar-refractivity contribution in [1.29, 1.82) is 0 Å². The third kappa shape index (κ3) is 3.85. The highest BCUT2D eigenvalue weighted by Crippen LogP contribution is 2.40. The monoisotopic (exact) mass is 386 g/mol. The number of benzene rings is 1. The quantitative estimate of drug-likeness (QED) is 0.796. The van der Waals surface area contributed by atoms with Crippen molar-refractivity contribution in [2.24, 2.45) is 5.92 Å². The van der Waals surface area contributed by atoms with Crippen LogP contribution in [0.4, 0.5) is 10.6 Å². The summed E-state index contributed by atoms with van der Waals surface area (Å²) in [6.07, 6.45) is 2.44. The molecule has 2 amide bonds. The van der Waals surface area contributed by atoms with Gasteiger partial charge in [-0.25, -0.2) is 9.48 Å². The molecule has 0 bridgehead atoms. The van der Waals surface area contributed by atoms with E-state index in [1.54, 1.807) is 13.2 Å². The van der Waals surface area contributed by atoms with Crippen molar-refractivity contribution in [3.8, 4) is 17.2 Å². The zero-order valence-corrected chi connectivity index (χ0v) is 16.4. The van der Waals surface area contributed by atoms with Gasteiger partial charge in [0.1, 0.15) is 24.8 Å². The first-order chi connectivity index (χ1) is 13.5. The molecule has 1 saturated carbocycles. The van der Waals surface area contributed by atoms with Crippen LogP contribution in [0.15, 0.2) is 18.2 Å². The molecule has 1 unspecified atom stereocenters. The van der Waals surface area contributed by atoms with Gasteiger partial charge in [0, 0.05) is 24.2 Å². The number of amides is 2. The number of ether oxygens (including phenoxy) is 3. The molecule has 2 N–H and O–H groups in total. The second-order valence-corrected chi connectivity index (χ2v) is 7.31. The Bertz CT molecular complexity index is 875. The summed E-state index contributed by atoms with van der Waals surface area (Å²) < 4.78 is 18.5. The van der Waals surface area contributed by atoms with Crippen molar-refractivity contribution < 1.29 is 19.0 Å². The molecule has 8 heteroatoms. The minimum atomic E-state index is -0.291. The molecule has 0 radical (unpaired) electrons. The lowest BCUT2D eigenvalue weighted by atomic mass is 10.1. The zero-order valence-electron chi connectivity index (χ0n) is 16.4. The van der Waals surface area contributed by atoms with Gasteiger partial charge in [-0.2, -0.15) is 5.10 Å². The molecule has 1 aromatic heterocycles. The van der Waals surface area contributed by atoms with E-state index in [2.05, 4.69) is 22.7 Å². The van der Waals surface area contributed by atoms with Crippen molar-refractivity contribution in [2.45, 2.75) is 39.3 Å². The minimum Gasteiger partial charge on any atom is -0.496 e. The van der Waals surface area contributed by atoms with Crippen LogP contribution < -0.4 is 24.8 Å². The summed E-state index contributed by atoms with van der Waals surface area (Å²) in [7, 11) is 1.59. The molecule has 2 heterocycles. The molecular weight excluding hydrogens is 360 g/mol. The van der Waals surface area contributed by atoms with Crippen LogP contribution in [0.1, 0.15) is 37.1 Å². The van der Waals surface area contributed by atoms with Crippen LogP contribution in [-0.2, 0) is 6.54 Å². The second kappa shape index (κ2) is 7.61. The van der Waals surface area contributed by atoms with Gasteiger partial charge >= 0.3 is 6.03 Å². The molecule has 150 valence electrons. The number of aryl methyl sites for hydroxylation is 1. The third-order valence-electron chi connectivity index (χ3n) is 5.17. The Kier molecular flexibility index (Phi) is 5.02. The fourth-order valence-electron chi connectivity index (χ4n) is 3.48. The zero-order chi connectivity index (χ0) is 19.7. The fraction of sp³-hybridized carbons (Fsp3) is 0.500. The average Bonchev–Trinajstić information content (AvgIpc) is 3.48. The van der Waals surface area contributed by atoms with Crippen molar-refractivity contribution in [3.63, 3.8) is 0 Å². The predicted octanol–water partition coefficient (Wildman–Crippen LogP) is 3.26. The Balaban J connectivity index is 1.43. The van der Waals surface area contributed by atoms with E-state index in [1.165, 1.54) is 12.8 Å². The van der Waals surface area contributed by atoms with Crippen LogP contribution in [0.2, 0.25) is 0 Å². The molecule has 8 nitrogen and oxygen atoms in total. The SMILES string of the molecule is COc1cc2c(cc1CNC(=O)Nc1cc(C)nn1C(C)C1CC1)OCCO2. The number of hydrogen-bond donors (Lipinski definition) is 2. The number of carbonyl (C=O) groups excluding carboxylic acids is 1. The lowest BCUT2D eigenvalue weighted by Gasteiger charge is -2.21. The van der Waals surface area contributed by atoms with Crippen LogP contribution in [0.3, 0.4) is 0 Å². The number of carbonyl (C=O) groups is 1. The van der Waals surface area contributed by atoms with E-state index in [4.69, 9.17) is 14.2 Å². The van der Waals surface area contributed by atoms with E-state index >= 15 is 0 Å². The molecule has 1 aliphatic heterocycles. The van der Waals surface area contributed by atoms with Gasteiger partial charge < -0.3 is 19.5 Å². The summed E-state index contributed by atoms with van der Waals surface area (Å²) >= 11 is 0. The molecule has 1 fully saturated rings. The molecule has 1 atom stereocenters. The van der Waals surface area contributed by atoms with Crippen LogP contribution in [0.5, 0.6) is 17.2 Å². The lowest BCUT2D eigenvalue weighted by Crippen LogP contribution is -2.30. The number of nitrogens with one attached hydrogen (secondary N) is 2. The number of fused-ring (bicyclic) bond motifs is 1. The molecular formula is C20H26N4O4. The van der Waals surface area contributed by atoms with Gasteiger partial charge in [-0.05, 0) is 38.7 Å². The first-order valence-electron chi connectivity index (χ1n) is 9.62. The van der Waals surface area contributed by atoms with E-state index in [0.717, 1.165) is 11.3 Å². The molecule has 1 aliphatic carbocycles. The minimum absolute atomic E-state index is 0.280. The highest BCUT2D eigenvalue weighted by molar-refractivity contribution is 5.88. The smallest absolute Gasteiger partial charge is 0.320 e. The molecule has 28 heavy (non-hydrogen) atoms. The molecule has 2 aliphatic rings. The van der Waals surface area contributed by atoms with Gasteiger partial charge in [0.05, 0.1) is 18.8 Å². The summed E-state index contributed by atoms with van der Waals surface area (Å²) in [6, 6.07) is 5.52. The van der Waals surface area contributed by atoms with E-state index in [1.807, 2.05) is 23.7 Å². The number of urea groups is 1. The van der Waals surface area contributed by atoms with Crippen molar-refractivity contribution >= 4 is 11.8 Å². The number of anilines is 1. The van der Waals surface area contributed by atoms with Gasteiger partial charge in [-0.1, -0.05) is 0 Å².